The van der Waals surface area contributed by atoms with E-state index in [1.165, 1.54) is 18.3 Å². The molecule has 0 radical (unpaired) electrons. The zero-order valence-electron chi connectivity index (χ0n) is 11.9. The first-order valence-corrected chi connectivity index (χ1v) is 7.16. The number of aromatic hydroxyl groups is 1. The van der Waals surface area contributed by atoms with Crippen molar-refractivity contribution in [2.24, 2.45) is 0 Å². The van der Waals surface area contributed by atoms with Crippen molar-refractivity contribution in [3.63, 3.8) is 0 Å². The third kappa shape index (κ3) is 3.02. The van der Waals surface area contributed by atoms with Crippen LogP contribution in [0.5, 0.6) is 5.75 Å². The number of amides is 1. The van der Waals surface area contributed by atoms with Gasteiger partial charge in [-0.3, -0.25) is 14.0 Å². The molecule has 0 bridgehead atoms. The molecule has 2 N–H and O–H groups in total. The van der Waals surface area contributed by atoms with Crippen molar-refractivity contribution in [1.82, 2.24) is 14.7 Å². The van der Waals surface area contributed by atoms with Gasteiger partial charge in [0.15, 0.2) is 11.4 Å². The molecule has 1 aromatic carbocycles. The van der Waals surface area contributed by atoms with E-state index in [4.69, 9.17) is 11.6 Å². The first-order valence-electron chi connectivity index (χ1n) is 6.78. The molecular weight excluding hydrogens is 318 g/mol. The molecule has 1 amide bonds. The van der Waals surface area contributed by atoms with Crippen molar-refractivity contribution < 1.29 is 9.90 Å². The summed E-state index contributed by atoms with van der Waals surface area (Å²) < 4.78 is 1.13. The number of carbonyl (C=O) groups excluding carboxylic acids is 1. The minimum Gasteiger partial charge on any atom is -0.504 e. The van der Waals surface area contributed by atoms with E-state index in [9.17, 15) is 14.7 Å². The van der Waals surface area contributed by atoms with Crippen LogP contribution in [0.15, 0.2) is 53.6 Å². The molecule has 0 atom stereocenters. The van der Waals surface area contributed by atoms with Gasteiger partial charge in [-0.15, -0.1) is 0 Å². The minimum absolute atomic E-state index is 0.0953. The Bertz CT molecular complexity index is 935. The molecule has 0 aliphatic carbocycles. The highest BCUT2D eigenvalue weighted by Crippen LogP contribution is 2.13. The van der Waals surface area contributed by atoms with Gasteiger partial charge in [0.2, 0.25) is 0 Å². The van der Waals surface area contributed by atoms with Gasteiger partial charge in [-0.2, -0.15) is 0 Å². The van der Waals surface area contributed by atoms with E-state index in [2.05, 4.69) is 10.3 Å². The Balaban J connectivity index is 1.85. The van der Waals surface area contributed by atoms with Crippen molar-refractivity contribution in [3.05, 3.63) is 75.3 Å². The normalized spacial score (nSPS) is 10.7. The maximum Gasteiger partial charge on any atom is 0.270 e. The topological polar surface area (TPSA) is 83.7 Å². The maximum atomic E-state index is 12.3. The predicted molar refractivity (Wildman–Crippen MR) is 85.7 cm³/mol. The quantitative estimate of drug-likeness (QED) is 0.769. The molecule has 0 saturated heterocycles. The van der Waals surface area contributed by atoms with Crippen molar-refractivity contribution in [2.75, 3.05) is 0 Å². The van der Waals surface area contributed by atoms with Crippen LogP contribution in [0.2, 0.25) is 5.02 Å². The summed E-state index contributed by atoms with van der Waals surface area (Å²) in [7, 11) is 0. The molecule has 0 saturated carbocycles. The van der Waals surface area contributed by atoms with Crippen molar-refractivity contribution in [1.29, 1.82) is 0 Å². The van der Waals surface area contributed by atoms with Crippen LogP contribution < -0.4 is 10.9 Å². The largest absolute Gasteiger partial charge is 0.504 e. The number of rotatable bonds is 3. The highest BCUT2D eigenvalue weighted by atomic mass is 35.5. The molecule has 0 aliphatic rings. The number of pyridine rings is 1. The van der Waals surface area contributed by atoms with Gasteiger partial charge in [0.25, 0.3) is 11.5 Å². The number of halogens is 1. The SMILES string of the molecule is O=C(NCc1ccc(Cl)cc1)c1cnc2c(O)cccn2c1=O. The number of benzene rings is 1. The van der Waals surface area contributed by atoms with Crippen LogP contribution in [0.4, 0.5) is 0 Å². The lowest BCUT2D eigenvalue weighted by molar-refractivity contribution is 0.0949. The van der Waals surface area contributed by atoms with Crippen LogP contribution in [-0.2, 0) is 6.54 Å². The van der Waals surface area contributed by atoms with Crippen LogP contribution in [0.25, 0.3) is 5.65 Å². The van der Waals surface area contributed by atoms with E-state index in [0.717, 1.165) is 16.2 Å². The molecule has 3 aromatic rings. The molecule has 7 heteroatoms. The predicted octanol–water partition coefficient (Wildman–Crippen LogP) is 1.98. The molecule has 2 heterocycles. The van der Waals surface area contributed by atoms with Gasteiger partial charge in [-0.05, 0) is 29.8 Å². The fourth-order valence-electron chi connectivity index (χ4n) is 2.13. The first kappa shape index (κ1) is 15.1. The highest BCUT2D eigenvalue weighted by molar-refractivity contribution is 6.30. The van der Waals surface area contributed by atoms with Crippen LogP contribution in [0.3, 0.4) is 0 Å². The molecule has 116 valence electrons. The van der Waals surface area contributed by atoms with Gasteiger partial charge in [0.1, 0.15) is 5.56 Å². The molecule has 23 heavy (non-hydrogen) atoms. The monoisotopic (exact) mass is 329 g/mol. The number of hydrogen-bond acceptors (Lipinski definition) is 4. The van der Waals surface area contributed by atoms with Gasteiger partial charge in [-0.1, -0.05) is 23.7 Å². The summed E-state index contributed by atoms with van der Waals surface area (Å²) >= 11 is 5.80. The number of nitrogens with zero attached hydrogens (tertiary/aromatic N) is 2. The summed E-state index contributed by atoms with van der Waals surface area (Å²) in [6.45, 7) is 0.262. The van der Waals surface area contributed by atoms with Crippen LogP contribution in [0, 0.1) is 0 Å². The van der Waals surface area contributed by atoms with Crippen molar-refractivity contribution in [2.45, 2.75) is 6.54 Å². The second kappa shape index (κ2) is 6.10. The summed E-state index contributed by atoms with van der Waals surface area (Å²) in [4.78, 5) is 28.5. The second-order valence-electron chi connectivity index (χ2n) is 4.87. The zero-order chi connectivity index (χ0) is 16.4. The fourth-order valence-corrected chi connectivity index (χ4v) is 2.25. The van der Waals surface area contributed by atoms with E-state index in [1.807, 2.05) is 0 Å². The average molecular weight is 330 g/mol. The molecule has 0 unspecified atom stereocenters. The van der Waals surface area contributed by atoms with E-state index in [1.54, 1.807) is 24.3 Å². The van der Waals surface area contributed by atoms with Crippen LogP contribution >= 0.6 is 11.6 Å². The number of hydrogen-bond donors (Lipinski definition) is 2. The zero-order valence-corrected chi connectivity index (χ0v) is 12.6. The van der Waals surface area contributed by atoms with E-state index in [0.29, 0.717) is 5.02 Å². The molecule has 0 fully saturated rings. The first-order chi connectivity index (χ1) is 11.1. The molecule has 0 aliphatic heterocycles. The third-order valence-corrected chi connectivity index (χ3v) is 3.57. The van der Waals surface area contributed by atoms with Gasteiger partial charge >= 0.3 is 0 Å². The van der Waals surface area contributed by atoms with Crippen molar-refractivity contribution in [3.8, 4) is 5.75 Å². The van der Waals surface area contributed by atoms with E-state index in [-0.39, 0.29) is 23.5 Å². The molecule has 3 rings (SSSR count). The maximum absolute atomic E-state index is 12.3. The van der Waals surface area contributed by atoms with Gasteiger partial charge in [0.05, 0.1) is 0 Å². The highest BCUT2D eigenvalue weighted by Gasteiger charge is 2.14. The third-order valence-electron chi connectivity index (χ3n) is 3.32. The Labute approximate surface area is 136 Å². The summed E-state index contributed by atoms with van der Waals surface area (Å²) in [5.41, 5.74) is 0.322. The lowest BCUT2D eigenvalue weighted by Crippen LogP contribution is -2.31. The number of nitrogens with one attached hydrogen (secondary N) is 1. The van der Waals surface area contributed by atoms with Gasteiger partial charge < -0.3 is 10.4 Å². The Morgan fingerprint density at radius 2 is 2.00 bits per heavy atom. The lowest BCUT2D eigenvalue weighted by atomic mass is 10.2. The number of fused-ring (bicyclic) bond motifs is 1. The lowest BCUT2D eigenvalue weighted by Gasteiger charge is -2.07. The standard InChI is InChI=1S/C16H12ClN3O3/c17-11-5-3-10(4-6-11)8-19-15(22)12-9-18-14-13(21)2-1-7-20(14)16(12)23/h1-7,9,21H,8H2,(H,19,22). The van der Waals surface area contributed by atoms with E-state index < -0.39 is 11.5 Å². The van der Waals surface area contributed by atoms with Crippen LogP contribution in [0.1, 0.15) is 15.9 Å². The van der Waals surface area contributed by atoms with Gasteiger partial charge in [-0.25, -0.2) is 4.98 Å². The molecule has 6 nitrogen and oxygen atoms in total. The Kier molecular flexibility index (Phi) is 3.99. The fraction of sp³-hybridized carbons (Fsp3) is 0.0625. The Morgan fingerprint density at radius 1 is 1.26 bits per heavy atom. The summed E-state index contributed by atoms with van der Waals surface area (Å²) in [5.74, 6) is -0.659. The Morgan fingerprint density at radius 3 is 2.74 bits per heavy atom. The number of aromatic nitrogens is 2. The van der Waals surface area contributed by atoms with Gasteiger partial charge in [0, 0.05) is 24.0 Å². The summed E-state index contributed by atoms with van der Waals surface area (Å²) in [5, 5.41) is 12.9. The Hall–Kier alpha value is -2.86. The second-order valence-corrected chi connectivity index (χ2v) is 5.31. The van der Waals surface area contributed by atoms with Crippen molar-refractivity contribution >= 4 is 23.2 Å². The molecule has 2 aromatic heterocycles. The van der Waals surface area contributed by atoms with Crippen LogP contribution in [-0.4, -0.2) is 20.4 Å². The molecule has 0 spiro atoms. The summed E-state index contributed by atoms with van der Waals surface area (Å²) in [6, 6.07) is 9.93. The summed E-state index contributed by atoms with van der Waals surface area (Å²) in [6.07, 6.45) is 2.61. The van der Waals surface area contributed by atoms with E-state index >= 15 is 0 Å². The smallest absolute Gasteiger partial charge is 0.270 e. The molecular formula is C16H12ClN3O3. The minimum atomic E-state index is -0.542. The number of carbonyl (C=O) groups is 1. The average Bonchev–Trinajstić information content (AvgIpc) is 2.55.